The third kappa shape index (κ3) is 3.52. The Kier molecular flexibility index (Phi) is 5.14. The number of fused-ring (bicyclic) bond motifs is 1. The number of aryl methyl sites for hydroxylation is 1. The molecule has 0 bridgehead atoms. The average molecular weight is 316 g/mol. The van der Waals surface area contributed by atoms with E-state index in [1.807, 2.05) is 24.3 Å². The third-order valence-corrected chi connectivity index (χ3v) is 4.91. The summed E-state index contributed by atoms with van der Waals surface area (Å²) in [5.74, 6) is 0.617. The van der Waals surface area contributed by atoms with Crippen LogP contribution in [-0.2, 0) is 12.8 Å². The Bertz CT molecular complexity index is 628. The molecule has 2 nitrogen and oxygen atoms in total. The van der Waals surface area contributed by atoms with Gasteiger partial charge in [0.05, 0.1) is 12.6 Å². The summed E-state index contributed by atoms with van der Waals surface area (Å²) >= 11 is 6.24. The zero-order chi connectivity index (χ0) is 15.4. The van der Waals surface area contributed by atoms with Crippen molar-refractivity contribution in [2.75, 3.05) is 13.2 Å². The highest BCUT2D eigenvalue weighted by Gasteiger charge is 2.20. The van der Waals surface area contributed by atoms with Gasteiger partial charge in [0, 0.05) is 5.02 Å². The van der Waals surface area contributed by atoms with Crippen LogP contribution in [0.1, 0.15) is 29.2 Å². The van der Waals surface area contributed by atoms with Crippen molar-refractivity contribution in [3.63, 3.8) is 0 Å². The van der Waals surface area contributed by atoms with Crippen LogP contribution in [-0.4, -0.2) is 18.3 Å². The summed E-state index contributed by atoms with van der Waals surface area (Å²) in [4.78, 5) is 0. The summed E-state index contributed by atoms with van der Waals surface area (Å²) in [7, 11) is 0. The molecule has 1 aliphatic carbocycles. The van der Waals surface area contributed by atoms with Gasteiger partial charge in [-0.3, -0.25) is 0 Å². The Hall–Kier alpha value is -1.35. The van der Waals surface area contributed by atoms with Crippen LogP contribution in [0.15, 0.2) is 48.5 Å². The highest BCUT2D eigenvalue weighted by molar-refractivity contribution is 6.31. The van der Waals surface area contributed by atoms with E-state index >= 15 is 0 Å². The molecule has 2 aromatic carbocycles. The second-order valence-corrected chi connectivity index (χ2v) is 6.45. The predicted octanol–water partition coefficient (Wildman–Crippen LogP) is 3.77. The van der Waals surface area contributed by atoms with Gasteiger partial charge in [-0.1, -0.05) is 54.1 Å². The average Bonchev–Trinajstić information content (AvgIpc) is 2.57. The lowest BCUT2D eigenvalue weighted by Crippen LogP contribution is -2.32. The van der Waals surface area contributed by atoms with E-state index in [0.717, 1.165) is 24.9 Å². The Labute approximate surface area is 137 Å². The van der Waals surface area contributed by atoms with Crippen LogP contribution in [0.3, 0.4) is 0 Å². The van der Waals surface area contributed by atoms with E-state index in [1.165, 1.54) is 17.5 Å². The number of hydrogen-bond donors (Lipinski definition) is 2. The molecule has 1 aliphatic rings. The van der Waals surface area contributed by atoms with E-state index in [9.17, 15) is 5.11 Å². The Balaban J connectivity index is 1.61. The van der Waals surface area contributed by atoms with E-state index in [4.69, 9.17) is 11.6 Å². The molecule has 2 N–H and O–H groups in total. The molecule has 0 amide bonds. The fourth-order valence-electron chi connectivity index (χ4n) is 3.29. The molecule has 0 heterocycles. The van der Waals surface area contributed by atoms with E-state index in [1.54, 1.807) is 0 Å². The van der Waals surface area contributed by atoms with Crippen molar-refractivity contribution in [2.24, 2.45) is 5.92 Å². The second kappa shape index (κ2) is 7.28. The van der Waals surface area contributed by atoms with Gasteiger partial charge in [-0.25, -0.2) is 0 Å². The zero-order valence-corrected chi connectivity index (χ0v) is 13.4. The Morgan fingerprint density at radius 2 is 1.82 bits per heavy atom. The smallest absolute Gasteiger partial charge is 0.0627 e. The normalized spacial score (nSPS) is 18.7. The predicted molar refractivity (Wildman–Crippen MR) is 91.2 cm³/mol. The maximum absolute atomic E-state index is 9.67. The highest BCUT2D eigenvalue weighted by atomic mass is 35.5. The number of benzene rings is 2. The van der Waals surface area contributed by atoms with Gasteiger partial charge in [-0.2, -0.15) is 0 Å². The monoisotopic (exact) mass is 315 g/mol. The highest BCUT2D eigenvalue weighted by Crippen LogP contribution is 2.26. The van der Waals surface area contributed by atoms with Crippen LogP contribution < -0.4 is 5.32 Å². The lowest BCUT2D eigenvalue weighted by atomic mass is 9.84. The molecule has 22 heavy (non-hydrogen) atoms. The van der Waals surface area contributed by atoms with Crippen molar-refractivity contribution in [1.29, 1.82) is 0 Å². The van der Waals surface area contributed by atoms with Gasteiger partial charge in [0.15, 0.2) is 0 Å². The summed E-state index contributed by atoms with van der Waals surface area (Å²) in [6.45, 7) is 0.970. The van der Waals surface area contributed by atoms with Crippen molar-refractivity contribution in [1.82, 2.24) is 5.32 Å². The quantitative estimate of drug-likeness (QED) is 0.880. The Morgan fingerprint density at radius 1 is 1.09 bits per heavy atom. The van der Waals surface area contributed by atoms with E-state index < -0.39 is 0 Å². The van der Waals surface area contributed by atoms with Crippen molar-refractivity contribution in [2.45, 2.75) is 25.3 Å². The molecule has 2 aromatic rings. The van der Waals surface area contributed by atoms with Crippen molar-refractivity contribution in [3.8, 4) is 0 Å². The van der Waals surface area contributed by atoms with Gasteiger partial charge in [0.1, 0.15) is 0 Å². The number of halogens is 1. The van der Waals surface area contributed by atoms with Gasteiger partial charge in [-0.15, -0.1) is 0 Å². The number of rotatable bonds is 5. The number of hydrogen-bond acceptors (Lipinski definition) is 2. The zero-order valence-electron chi connectivity index (χ0n) is 12.6. The van der Waals surface area contributed by atoms with Crippen molar-refractivity contribution in [3.05, 3.63) is 70.2 Å². The van der Waals surface area contributed by atoms with E-state index in [0.29, 0.717) is 10.9 Å². The molecule has 3 heteroatoms. The summed E-state index contributed by atoms with van der Waals surface area (Å²) in [5.41, 5.74) is 3.94. The summed E-state index contributed by atoms with van der Waals surface area (Å²) < 4.78 is 0. The first-order valence-electron chi connectivity index (χ1n) is 7.93. The maximum Gasteiger partial charge on any atom is 0.0627 e. The minimum absolute atomic E-state index is 0.0625. The molecule has 2 unspecified atom stereocenters. The van der Waals surface area contributed by atoms with Crippen LogP contribution in [0.2, 0.25) is 5.02 Å². The lowest BCUT2D eigenvalue weighted by molar-refractivity contribution is 0.236. The van der Waals surface area contributed by atoms with Crippen LogP contribution >= 0.6 is 11.6 Å². The van der Waals surface area contributed by atoms with Crippen LogP contribution in [0.4, 0.5) is 0 Å². The minimum Gasteiger partial charge on any atom is -0.394 e. The van der Waals surface area contributed by atoms with Crippen LogP contribution in [0.25, 0.3) is 0 Å². The minimum atomic E-state index is -0.0918. The third-order valence-electron chi connectivity index (χ3n) is 4.57. The molecular weight excluding hydrogens is 294 g/mol. The van der Waals surface area contributed by atoms with E-state index in [-0.39, 0.29) is 12.6 Å². The summed E-state index contributed by atoms with van der Waals surface area (Å²) in [6.07, 6.45) is 3.47. The number of nitrogens with one attached hydrogen (secondary N) is 1. The van der Waals surface area contributed by atoms with Gasteiger partial charge in [0.25, 0.3) is 0 Å². The molecule has 0 aliphatic heterocycles. The van der Waals surface area contributed by atoms with Gasteiger partial charge in [-0.05, 0) is 54.5 Å². The summed E-state index contributed by atoms with van der Waals surface area (Å²) in [5, 5.41) is 13.9. The van der Waals surface area contributed by atoms with Crippen molar-refractivity contribution < 1.29 is 5.11 Å². The Morgan fingerprint density at radius 3 is 2.59 bits per heavy atom. The molecule has 0 spiro atoms. The van der Waals surface area contributed by atoms with Crippen LogP contribution in [0, 0.1) is 5.92 Å². The molecule has 3 rings (SSSR count). The molecule has 0 saturated heterocycles. The molecule has 116 valence electrons. The molecule has 2 atom stereocenters. The first kappa shape index (κ1) is 15.5. The molecular formula is C19H22ClNO. The number of aliphatic hydroxyl groups is 1. The molecule has 0 aromatic heterocycles. The molecule has 0 radical (unpaired) electrons. The second-order valence-electron chi connectivity index (χ2n) is 6.04. The first-order chi connectivity index (χ1) is 10.8. The largest absolute Gasteiger partial charge is 0.394 e. The topological polar surface area (TPSA) is 32.3 Å². The summed E-state index contributed by atoms with van der Waals surface area (Å²) in [6, 6.07) is 16.3. The molecule has 0 saturated carbocycles. The molecule has 0 fully saturated rings. The van der Waals surface area contributed by atoms with Gasteiger partial charge < -0.3 is 10.4 Å². The fraction of sp³-hybridized carbons (Fsp3) is 0.368. The first-order valence-corrected chi connectivity index (χ1v) is 8.31. The van der Waals surface area contributed by atoms with Gasteiger partial charge >= 0.3 is 0 Å². The van der Waals surface area contributed by atoms with Gasteiger partial charge in [0.2, 0.25) is 0 Å². The SMILES string of the molecule is OCC(NCC1CCc2ccccc2C1)c1ccccc1Cl. The van der Waals surface area contributed by atoms with Crippen molar-refractivity contribution >= 4 is 11.6 Å². The van der Waals surface area contributed by atoms with E-state index in [2.05, 4.69) is 29.6 Å². The maximum atomic E-state index is 9.67. The standard InChI is InChI=1S/C19H22ClNO/c20-18-8-4-3-7-17(18)19(13-22)21-12-14-9-10-15-5-1-2-6-16(15)11-14/h1-8,14,19,21-22H,9-13H2. The fourth-order valence-corrected chi connectivity index (χ4v) is 3.55. The lowest BCUT2D eigenvalue weighted by Gasteiger charge is -2.27. The van der Waals surface area contributed by atoms with Crippen LogP contribution in [0.5, 0.6) is 0 Å². The number of aliphatic hydroxyl groups excluding tert-OH is 1.